The second kappa shape index (κ2) is 9.45. The molecule has 1 saturated carbocycles. The summed E-state index contributed by atoms with van der Waals surface area (Å²) >= 11 is 0. The van der Waals surface area contributed by atoms with Gasteiger partial charge in [0.1, 0.15) is 6.61 Å². The average molecular weight is 332 g/mol. The first-order valence-corrected chi connectivity index (χ1v) is 8.95. The van der Waals surface area contributed by atoms with Crippen LogP contribution in [-0.4, -0.2) is 18.5 Å². The Labute approximate surface area is 144 Å². The lowest BCUT2D eigenvalue weighted by Gasteiger charge is -2.28. The van der Waals surface area contributed by atoms with E-state index in [9.17, 15) is 9.59 Å². The normalized spacial score (nSPS) is 20.6. The van der Waals surface area contributed by atoms with Crippen molar-refractivity contribution in [3.8, 4) is 0 Å². The van der Waals surface area contributed by atoms with Crippen molar-refractivity contribution in [1.82, 2.24) is 0 Å². The topological polar surface area (TPSA) is 52.6 Å². The third-order valence-corrected chi connectivity index (χ3v) is 4.53. The van der Waals surface area contributed by atoms with Crippen molar-refractivity contribution in [2.45, 2.75) is 52.6 Å². The molecule has 1 aromatic rings. The van der Waals surface area contributed by atoms with Crippen LogP contribution in [0.4, 0.5) is 0 Å². The molecule has 0 bridgehead atoms. The summed E-state index contributed by atoms with van der Waals surface area (Å²) in [6.07, 6.45) is 4.19. The number of ether oxygens (including phenoxy) is 2. The molecular formula is C20H28O4. The quantitative estimate of drug-likeness (QED) is 0.705. The molecule has 24 heavy (non-hydrogen) atoms. The van der Waals surface area contributed by atoms with Crippen LogP contribution in [0.15, 0.2) is 30.3 Å². The highest BCUT2D eigenvalue weighted by molar-refractivity contribution is 5.82. The Morgan fingerprint density at radius 2 is 1.58 bits per heavy atom. The number of rotatable bonds is 7. The SMILES string of the molecule is CC(C)CCOC(=O)C1CCCCC1C(=O)OCc1ccccc1. The van der Waals surface area contributed by atoms with Gasteiger partial charge in [0, 0.05) is 0 Å². The fourth-order valence-corrected chi connectivity index (χ4v) is 3.03. The van der Waals surface area contributed by atoms with Gasteiger partial charge in [-0.3, -0.25) is 9.59 Å². The van der Waals surface area contributed by atoms with Crippen LogP contribution in [0.1, 0.15) is 51.5 Å². The van der Waals surface area contributed by atoms with Gasteiger partial charge in [-0.1, -0.05) is 57.0 Å². The van der Waals surface area contributed by atoms with Gasteiger partial charge < -0.3 is 9.47 Å². The fourth-order valence-electron chi connectivity index (χ4n) is 3.03. The van der Waals surface area contributed by atoms with Crippen molar-refractivity contribution in [3.63, 3.8) is 0 Å². The van der Waals surface area contributed by atoms with Crippen LogP contribution in [0.2, 0.25) is 0 Å². The molecule has 2 unspecified atom stereocenters. The van der Waals surface area contributed by atoms with Crippen LogP contribution in [0, 0.1) is 17.8 Å². The van der Waals surface area contributed by atoms with E-state index in [1.165, 1.54) is 0 Å². The van der Waals surface area contributed by atoms with Crippen molar-refractivity contribution in [3.05, 3.63) is 35.9 Å². The van der Waals surface area contributed by atoms with Crippen LogP contribution >= 0.6 is 0 Å². The van der Waals surface area contributed by atoms with E-state index in [0.29, 0.717) is 25.4 Å². The lowest BCUT2D eigenvalue weighted by atomic mass is 9.79. The molecule has 2 rings (SSSR count). The van der Waals surface area contributed by atoms with Crippen LogP contribution in [-0.2, 0) is 25.7 Å². The first kappa shape index (κ1) is 18.5. The van der Waals surface area contributed by atoms with Crippen molar-refractivity contribution in [1.29, 1.82) is 0 Å². The molecule has 0 N–H and O–H groups in total. The van der Waals surface area contributed by atoms with Crippen molar-refractivity contribution >= 4 is 11.9 Å². The number of hydrogen-bond acceptors (Lipinski definition) is 4. The number of carbonyl (C=O) groups is 2. The minimum Gasteiger partial charge on any atom is -0.465 e. The van der Waals surface area contributed by atoms with Gasteiger partial charge >= 0.3 is 11.9 Å². The summed E-state index contributed by atoms with van der Waals surface area (Å²) < 4.78 is 10.8. The third kappa shape index (κ3) is 5.66. The zero-order valence-corrected chi connectivity index (χ0v) is 14.7. The lowest BCUT2D eigenvalue weighted by molar-refractivity contribution is -0.163. The van der Waals surface area contributed by atoms with Crippen molar-refractivity contribution in [2.75, 3.05) is 6.61 Å². The van der Waals surface area contributed by atoms with Crippen LogP contribution < -0.4 is 0 Å². The van der Waals surface area contributed by atoms with E-state index < -0.39 is 0 Å². The van der Waals surface area contributed by atoms with Gasteiger partial charge in [0.2, 0.25) is 0 Å². The Balaban J connectivity index is 1.87. The second-order valence-electron chi connectivity index (χ2n) is 6.94. The van der Waals surface area contributed by atoms with E-state index in [1.807, 2.05) is 30.3 Å². The molecule has 0 heterocycles. The lowest BCUT2D eigenvalue weighted by Crippen LogP contribution is -2.35. The summed E-state index contributed by atoms with van der Waals surface area (Å²) in [6.45, 7) is 4.88. The monoisotopic (exact) mass is 332 g/mol. The molecule has 0 aromatic heterocycles. The average Bonchev–Trinajstić information content (AvgIpc) is 2.60. The smallest absolute Gasteiger partial charge is 0.310 e. The molecule has 0 spiro atoms. The minimum atomic E-state index is -0.367. The molecule has 0 aliphatic heterocycles. The van der Waals surface area contributed by atoms with Gasteiger partial charge in [-0.15, -0.1) is 0 Å². The largest absolute Gasteiger partial charge is 0.465 e. The van der Waals surface area contributed by atoms with Crippen LogP contribution in [0.5, 0.6) is 0 Å². The molecular weight excluding hydrogens is 304 g/mol. The molecule has 132 valence electrons. The number of hydrogen-bond donors (Lipinski definition) is 0. The van der Waals surface area contributed by atoms with Gasteiger partial charge in [0.15, 0.2) is 0 Å². The summed E-state index contributed by atoms with van der Waals surface area (Å²) in [4.78, 5) is 24.8. The van der Waals surface area contributed by atoms with Gasteiger partial charge in [0.05, 0.1) is 18.4 Å². The predicted molar refractivity (Wildman–Crippen MR) is 92.1 cm³/mol. The molecule has 1 aliphatic carbocycles. The molecule has 1 fully saturated rings. The highest BCUT2D eigenvalue weighted by Crippen LogP contribution is 2.32. The summed E-state index contributed by atoms with van der Waals surface area (Å²) in [5, 5.41) is 0. The van der Waals surface area contributed by atoms with E-state index in [0.717, 1.165) is 24.8 Å². The first-order chi connectivity index (χ1) is 11.6. The van der Waals surface area contributed by atoms with Crippen LogP contribution in [0.25, 0.3) is 0 Å². The number of esters is 2. The van der Waals surface area contributed by atoms with Crippen molar-refractivity contribution in [2.24, 2.45) is 17.8 Å². The number of benzene rings is 1. The predicted octanol–water partition coefficient (Wildman–Crippen LogP) is 4.13. The van der Waals surface area contributed by atoms with Gasteiger partial charge in [0.25, 0.3) is 0 Å². The van der Waals surface area contributed by atoms with E-state index >= 15 is 0 Å². The highest BCUT2D eigenvalue weighted by atomic mass is 16.5. The summed E-state index contributed by atoms with van der Waals surface area (Å²) in [5.41, 5.74) is 0.956. The zero-order chi connectivity index (χ0) is 17.4. The van der Waals surface area contributed by atoms with E-state index in [-0.39, 0.29) is 30.4 Å². The Hall–Kier alpha value is -1.84. The molecule has 0 amide bonds. The number of carbonyl (C=O) groups excluding carboxylic acids is 2. The zero-order valence-electron chi connectivity index (χ0n) is 14.7. The van der Waals surface area contributed by atoms with Gasteiger partial charge in [-0.25, -0.2) is 0 Å². The van der Waals surface area contributed by atoms with E-state index in [2.05, 4.69) is 13.8 Å². The molecule has 4 heteroatoms. The standard InChI is InChI=1S/C20H28O4/c1-15(2)12-13-23-19(21)17-10-6-7-11-18(17)20(22)24-14-16-8-4-3-5-9-16/h3-5,8-9,15,17-18H,6-7,10-14H2,1-2H3. The molecule has 0 saturated heterocycles. The van der Waals surface area contributed by atoms with E-state index in [4.69, 9.17) is 9.47 Å². The summed E-state index contributed by atoms with van der Waals surface area (Å²) in [6, 6.07) is 9.60. The Kier molecular flexibility index (Phi) is 7.29. The molecule has 4 nitrogen and oxygen atoms in total. The van der Waals surface area contributed by atoms with Gasteiger partial charge in [-0.05, 0) is 30.7 Å². The Morgan fingerprint density at radius 3 is 2.17 bits per heavy atom. The fraction of sp³-hybridized carbons (Fsp3) is 0.600. The first-order valence-electron chi connectivity index (χ1n) is 8.95. The van der Waals surface area contributed by atoms with Crippen molar-refractivity contribution < 1.29 is 19.1 Å². The summed E-state index contributed by atoms with van der Waals surface area (Å²) in [7, 11) is 0. The molecule has 1 aliphatic rings. The summed E-state index contributed by atoms with van der Waals surface area (Å²) in [5.74, 6) is -0.736. The van der Waals surface area contributed by atoms with E-state index in [1.54, 1.807) is 0 Å². The maximum absolute atomic E-state index is 12.4. The Morgan fingerprint density at radius 1 is 1.00 bits per heavy atom. The second-order valence-corrected chi connectivity index (χ2v) is 6.94. The minimum absolute atomic E-state index is 0.239. The maximum Gasteiger partial charge on any atom is 0.310 e. The maximum atomic E-state index is 12.4. The molecule has 2 atom stereocenters. The third-order valence-electron chi connectivity index (χ3n) is 4.53. The van der Waals surface area contributed by atoms with Crippen LogP contribution in [0.3, 0.4) is 0 Å². The molecule has 1 aromatic carbocycles. The highest BCUT2D eigenvalue weighted by Gasteiger charge is 2.37. The van der Waals surface area contributed by atoms with Gasteiger partial charge in [-0.2, -0.15) is 0 Å². The molecule has 0 radical (unpaired) electrons. The Bertz CT molecular complexity index is 524.